The third-order valence-corrected chi connectivity index (χ3v) is 2.96. The topological polar surface area (TPSA) is 49.5 Å². The van der Waals surface area contributed by atoms with Crippen molar-refractivity contribution in [2.24, 2.45) is 0 Å². The molecule has 16 heavy (non-hydrogen) atoms. The molecule has 0 atom stereocenters. The molecule has 0 saturated heterocycles. The van der Waals surface area contributed by atoms with E-state index < -0.39 is 0 Å². The lowest BCUT2D eigenvalue weighted by Crippen LogP contribution is -2.26. The Morgan fingerprint density at radius 3 is 2.81 bits per heavy atom. The Balaban J connectivity index is 2.68. The number of hydrogen-bond acceptors (Lipinski definition) is 3. The van der Waals surface area contributed by atoms with Crippen LogP contribution in [0.4, 0.5) is 5.69 Å². The van der Waals surface area contributed by atoms with Crippen molar-refractivity contribution in [2.75, 3.05) is 25.4 Å². The van der Waals surface area contributed by atoms with E-state index >= 15 is 0 Å². The van der Waals surface area contributed by atoms with E-state index in [2.05, 4.69) is 27.4 Å². The maximum Gasteiger partial charge on any atom is 0.0558 e. The SMILES string of the molecule is C=CCN(CCO)Cc1ccc(N)c(Br)c1. The Hall–Kier alpha value is -0.840. The lowest BCUT2D eigenvalue weighted by atomic mass is 10.2. The summed E-state index contributed by atoms with van der Waals surface area (Å²) in [6, 6.07) is 5.88. The zero-order valence-electron chi connectivity index (χ0n) is 9.19. The fourth-order valence-corrected chi connectivity index (χ4v) is 1.91. The number of nitrogen functional groups attached to an aromatic ring is 1. The molecule has 0 aliphatic carbocycles. The van der Waals surface area contributed by atoms with Gasteiger partial charge >= 0.3 is 0 Å². The number of aliphatic hydroxyl groups excluding tert-OH is 1. The first-order valence-corrected chi connectivity index (χ1v) is 5.94. The van der Waals surface area contributed by atoms with Crippen molar-refractivity contribution in [1.82, 2.24) is 4.90 Å². The Morgan fingerprint density at radius 1 is 1.50 bits per heavy atom. The molecule has 1 aromatic carbocycles. The quantitative estimate of drug-likeness (QED) is 0.621. The zero-order valence-corrected chi connectivity index (χ0v) is 10.8. The number of hydrogen-bond donors (Lipinski definition) is 2. The van der Waals surface area contributed by atoms with Crippen LogP contribution in [-0.4, -0.2) is 29.7 Å². The first kappa shape index (κ1) is 13.2. The average molecular weight is 285 g/mol. The van der Waals surface area contributed by atoms with Crippen molar-refractivity contribution < 1.29 is 5.11 Å². The van der Waals surface area contributed by atoms with Crippen LogP contribution in [0.5, 0.6) is 0 Å². The number of nitrogens with two attached hydrogens (primary N) is 1. The maximum absolute atomic E-state index is 8.93. The fourth-order valence-electron chi connectivity index (χ4n) is 1.49. The van der Waals surface area contributed by atoms with E-state index in [0.29, 0.717) is 6.54 Å². The maximum atomic E-state index is 8.93. The summed E-state index contributed by atoms with van der Waals surface area (Å²) in [5.74, 6) is 0. The average Bonchev–Trinajstić information content (AvgIpc) is 2.24. The molecule has 0 unspecified atom stereocenters. The minimum absolute atomic E-state index is 0.157. The van der Waals surface area contributed by atoms with E-state index in [1.807, 2.05) is 24.3 Å². The standard InChI is InChI=1S/C12H17BrN2O/c1-2-5-15(6-7-16)9-10-3-4-12(14)11(13)8-10/h2-4,8,16H,1,5-7,9,14H2. The monoisotopic (exact) mass is 284 g/mol. The molecule has 4 heteroatoms. The smallest absolute Gasteiger partial charge is 0.0558 e. The number of aliphatic hydroxyl groups is 1. The normalized spacial score (nSPS) is 10.7. The lowest BCUT2D eigenvalue weighted by Gasteiger charge is -2.19. The van der Waals surface area contributed by atoms with Crippen LogP contribution in [0.3, 0.4) is 0 Å². The molecule has 3 nitrogen and oxygen atoms in total. The Kier molecular flexibility index (Phi) is 5.52. The van der Waals surface area contributed by atoms with Gasteiger partial charge in [0.05, 0.1) is 6.61 Å². The molecular weight excluding hydrogens is 268 g/mol. The molecule has 0 spiro atoms. The highest BCUT2D eigenvalue weighted by Crippen LogP contribution is 2.21. The second-order valence-corrected chi connectivity index (χ2v) is 4.46. The van der Waals surface area contributed by atoms with Crippen molar-refractivity contribution in [3.8, 4) is 0 Å². The second kappa shape index (κ2) is 6.68. The molecule has 0 aliphatic heterocycles. The van der Waals surface area contributed by atoms with Gasteiger partial charge in [-0.05, 0) is 33.6 Å². The molecule has 0 amide bonds. The summed E-state index contributed by atoms with van der Waals surface area (Å²) in [4.78, 5) is 2.12. The highest BCUT2D eigenvalue weighted by atomic mass is 79.9. The van der Waals surface area contributed by atoms with E-state index in [0.717, 1.165) is 28.8 Å². The van der Waals surface area contributed by atoms with Gasteiger partial charge in [-0.25, -0.2) is 0 Å². The molecule has 0 aromatic heterocycles. The molecule has 0 aliphatic rings. The third-order valence-electron chi connectivity index (χ3n) is 2.27. The van der Waals surface area contributed by atoms with Gasteiger partial charge < -0.3 is 10.8 Å². The predicted molar refractivity (Wildman–Crippen MR) is 71.1 cm³/mol. The van der Waals surface area contributed by atoms with Crippen LogP contribution in [0.15, 0.2) is 35.3 Å². The summed E-state index contributed by atoms with van der Waals surface area (Å²) in [5.41, 5.74) is 7.62. The van der Waals surface area contributed by atoms with Crippen LogP contribution in [0, 0.1) is 0 Å². The molecule has 0 fully saturated rings. The van der Waals surface area contributed by atoms with Crippen LogP contribution < -0.4 is 5.73 Å². The third kappa shape index (κ3) is 3.96. The first-order valence-electron chi connectivity index (χ1n) is 5.15. The van der Waals surface area contributed by atoms with Gasteiger partial charge in [0, 0.05) is 29.8 Å². The lowest BCUT2D eigenvalue weighted by molar-refractivity contribution is 0.203. The van der Waals surface area contributed by atoms with Crippen molar-refractivity contribution in [2.45, 2.75) is 6.54 Å². The van der Waals surface area contributed by atoms with E-state index in [9.17, 15) is 0 Å². The van der Waals surface area contributed by atoms with E-state index in [1.165, 1.54) is 0 Å². The summed E-state index contributed by atoms with van der Waals surface area (Å²) < 4.78 is 0.910. The summed E-state index contributed by atoms with van der Waals surface area (Å²) in [7, 11) is 0. The molecule has 0 bridgehead atoms. The first-order chi connectivity index (χ1) is 7.67. The van der Waals surface area contributed by atoms with Crippen molar-refractivity contribution in [3.63, 3.8) is 0 Å². The summed E-state index contributed by atoms with van der Waals surface area (Å²) in [5, 5.41) is 8.93. The van der Waals surface area contributed by atoms with Crippen LogP contribution in [0.25, 0.3) is 0 Å². The van der Waals surface area contributed by atoms with Crippen molar-refractivity contribution in [3.05, 3.63) is 40.9 Å². The summed E-state index contributed by atoms with van der Waals surface area (Å²) in [6.07, 6.45) is 1.84. The molecule has 0 radical (unpaired) electrons. The summed E-state index contributed by atoms with van der Waals surface area (Å²) >= 11 is 3.40. The van der Waals surface area contributed by atoms with Gasteiger partial charge in [-0.3, -0.25) is 4.90 Å². The van der Waals surface area contributed by atoms with Gasteiger partial charge in [0.2, 0.25) is 0 Å². The van der Waals surface area contributed by atoms with Crippen LogP contribution in [-0.2, 0) is 6.54 Å². The molecule has 0 saturated carbocycles. The minimum Gasteiger partial charge on any atom is -0.398 e. The van der Waals surface area contributed by atoms with Gasteiger partial charge in [-0.1, -0.05) is 12.1 Å². The fraction of sp³-hybridized carbons (Fsp3) is 0.333. The Morgan fingerprint density at radius 2 is 2.25 bits per heavy atom. The number of halogens is 1. The molecule has 1 aromatic rings. The molecular formula is C12H17BrN2O. The van der Waals surface area contributed by atoms with E-state index in [-0.39, 0.29) is 6.61 Å². The largest absolute Gasteiger partial charge is 0.398 e. The number of anilines is 1. The van der Waals surface area contributed by atoms with Crippen molar-refractivity contribution in [1.29, 1.82) is 0 Å². The Bertz CT molecular complexity index is 355. The minimum atomic E-state index is 0.157. The van der Waals surface area contributed by atoms with Crippen LogP contribution in [0.2, 0.25) is 0 Å². The predicted octanol–water partition coefficient (Wildman–Crippen LogP) is 2.01. The molecule has 0 heterocycles. The molecule has 88 valence electrons. The van der Waals surface area contributed by atoms with Crippen LogP contribution >= 0.6 is 15.9 Å². The van der Waals surface area contributed by atoms with Gasteiger partial charge in [-0.2, -0.15) is 0 Å². The number of rotatable bonds is 6. The van der Waals surface area contributed by atoms with E-state index in [1.54, 1.807) is 0 Å². The summed E-state index contributed by atoms with van der Waals surface area (Å²) in [6.45, 7) is 6.06. The van der Waals surface area contributed by atoms with Gasteiger partial charge in [0.15, 0.2) is 0 Å². The number of benzene rings is 1. The number of nitrogens with zero attached hydrogens (tertiary/aromatic N) is 1. The van der Waals surface area contributed by atoms with Gasteiger partial charge in [0.1, 0.15) is 0 Å². The van der Waals surface area contributed by atoms with Crippen LogP contribution in [0.1, 0.15) is 5.56 Å². The highest BCUT2D eigenvalue weighted by Gasteiger charge is 2.04. The molecule has 1 rings (SSSR count). The molecule has 3 N–H and O–H groups in total. The zero-order chi connectivity index (χ0) is 12.0. The highest BCUT2D eigenvalue weighted by molar-refractivity contribution is 9.10. The Labute approximate surface area is 105 Å². The van der Waals surface area contributed by atoms with E-state index in [4.69, 9.17) is 10.8 Å². The van der Waals surface area contributed by atoms with Gasteiger partial charge in [0.25, 0.3) is 0 Å². The van der Waals surface area contributed by atoms with Crippen molar-refractivity contribution >= 4 is 21.6 Å². The van der Waals surface area contributed by atoms with Gasteiger partial charge in [-0.15, -0.1) is 6.58 Å². The second-order valence-electron chi connectivity index (χ2n) is 3.60.